The first-order chi connectivity index (χ1) is 10.2. The van der Waals surface area contributed by atoms with Gasteiger partial charge in [-0.1, -0.05) is 6.42 Å². The summed E-state index contributed by atoms with van der Waals surface area (Å²) in [6.45, 7) is 5.19. The molecule has 0 saturated carbocycles. The van der Waals surface area contributed by atoms with Crippen LogP contribution in [0.25, 0.3) is 0 Å². The number of aromatic nitrogens is 1. The van der Waals surface area contributed by atoms with E-state index in [4.69, 9.17) is 0 Å². The molecule has 1 aromatic heterocycles. The van der Waals surface area contributed by atoms with E-state index in [9.17, 15) is 4.79 Å². The van der Waals surface area contributed by atoms with Crippen LogP contribution in [-0.4, -0.2) is 59.5 Å². The van der Waals surface area contributed by atoms with Crippen LogP contribution in [-0.2, 0) is 0 Å². The summed E-state index contributed by atoms with van der Waals surface area (Å²) in [6, 6.07) is 2.62. The molecule has 0 radical (unpaired) electrons. The van der Waals surface area contributed by atoms with Gasteiger partial charge in [-0.2, -0.15) is 0 Å². The number of hydrogen-bond acceptors (Lipinski definition) is 4. The predicted molar refractivity (Wildman–Crippen MR) is 83.5 cm³/mol. The van der Waals surface area contributed by atoms with Gasteiger partial charge in [0.2, 0.25) is 0 Å². The summed E-state index contributed by atoms with van der Waals surface area (Å²) in [7, 11) is 1.83. The monoisotopic (exact) mass is 288 g/mol. The van der Waals surface area contributed by atoms with E-state index in [-0.39, 0.29) is 11.9 Å². The highest BCUT2D eigenvalue weighted by atomic mass is 16.2. The minimum atomic E-state index is 0.125. The molecule has 2 aliphatic rings. The number of piperazine rings is 1. The molecule has 1 aromatic rings. The summed E-state index contributed by atoms with van der Waals surface area (Å²) >= 11 is 0. The summed E-state index contributed by atoms with van der Waals surface area (Å²) in [5, 5.41) is 3.07. The number of anilines is 1. The smallest absolute Gasteiger partial charge is 0.256 e. The Balaban J connectivity index is 1.80. The molecular weight excluding hydrogens is 264 g/mol. The lowest BCUT2D eigenvalue weighted by molar-refractivity contribution is 0.0152. The van der Waals surface area contributed by atoms with Gasteiger partial charge in [0.25, 0.3) is 5.91 Å². The summed E-state index contributed by atoms with van der Waals surface area (Å²) in [5.41, 5.74) is 1.53. The lowest BCUT2D eigenvalue weighted by Gasteiger charge is -2.47. The summed E-state index contributed by atoms with van der Waals surface area (Å²) in [4.78, 5) is 21.6. The molecule has 21 heavy (non-hydrogen) atoms. The highest BCUT2D eigenvalue weighted by Crippen LogP contribution is 2.26. The number of carbonyl (C=O) groups excluding carboxylic acids is 1. The van der Waals surface area contributed by atoms with Gasteiger partial charge in [0, 0.05) is 38.4 Å². The van der Waals surface area contributed by atoms with Crippen LogP contribution < -0.4 is 5.32 Å². The Kier molecular flexibility index (Phi) is 4.10. The van der Waals surface area contributed by atoms with Crippen molar-refractivity contribution in [3.05, 3.63) is 24.0 Å². The quantitative estimate of drug-likeness (QED) is 0.902. The Labute approximate surface area is 126 Å². The fraction of sp³-hybridized carbons (Fsp3) is 0.625. The summed E-state index contributed by atoms with van der Waals surface area (Å²) in [5.74, 6) is 0.125. The highest BCUT2D eigenvalue weighted by molar-refractivity contribution is 5.99. The van der Waals surface area contributed by atoms with E-state index in [1.54, 1.807) is 12.4 Å². The van der Waals surface area contributed by atoms with Crippen LogP contribution in [0.1, 0.15) is 36.5 Å². The highest BCUT2D eigenvalue weighted by Gasteiger charge is 2.35. The Bertz CT molecular complexity index is 519. The second kappa shape index (κ2) is 6.02. The molecule has 5 heteroatoms. The second-order valence-corrected chi connectivity index (χ2v) is 6.12. The molecule has 3 rings (SSSR count). The maximum absolute atomic E-state index is 12.9. The first kappa shape index (κ1) is 14.3. The number of hydrogen-bond donors (Lipinski definition) is 1. The SMILES string of the molecule is CNc1cnccc1C(=O)N1CC2CCCCN2CC1C. The maximum atomic E-state index is 12.9. The molecular formula is C16H24N4O. The standard InChI is InChI=1S/C16H24N4O/c1-12-10-19-8-4-3-5-13(19)11-20(12)16(21)14-6-7-18-9-15(14)17-2/h6-7,9,12-13,17H,3-5,8,10-11H2,1-2H3. The van der Waals surface area contributed by atoms with Crippen molar-refractivity contribution in [3.63, 3.8) is 0 Å². The molecule has 2 fully saturated rings. The molecule has 1 amide bonds. The third-order valence-electron chi connectivity index (χ3n) is 4.77. The van der Waals surface area contributed by atoms with Crippen molar-refractivity contribution in [2.75, 3.05) is 32.0 Å². The number of fused-ring (bicyclic) bond motifs is 1. The Morgan fingerprint density at radius 3 is 3.05 bits per heavy atom. The van der Waals surface area contributed by atoms with Crippen molar-refractivity contribution >= 4 is 11.6 Å². The molecule has 2 aliphatic heterocycles. The van der Waals surface area contributed by atoms with Gasteiger partial charge >= 0.3 is 0 Å². The van der Waals surface area contributed by atoms with Crippen LogP contribution in [0.4, 0.5) is 5.69 Å². The molecule has 2 unspecified atom stereocenters. The number of carbonyl (C=O) groups is 1. The minimum absolute atomic E-state index is 0.125. The van der Waals surface area contributed by atoms with Gasteiger partial charge in [-0.3, -0.25) is 14.7 Å². The summed E-state index contributed by atoms with van der Waals surface area (Å²) in [6.07, 6.45) is 7.20. The number of rotatable bonds is 2. The van der Waals surface area contributed by atoms with Crippen LogP contribution in [0, 0.1) is 0 Å². The topological polar surface area (TPSA) is 48.5 Å². The van der Waals surface area contributed by atoms with Crippen LogP contribution in [0.3, 0.4) is 0 Å². The largest absolute Gasteiger partial charge is 0.386 e. The van der Waals surface area contributed by atoms with Gasteiger partial charge in [-0.05, 0) is 32.4 Å². The van der Waals surface area contributed by atoms with E-state index in [2.05, 4.69) is 22.1 Å². The maximum Gasteiger partial charge on any atom is 0.256 e. The van der Waals surface area contributed by atoms with E-state index in [1.165, 1.54) is 25.8 Å². The second-order valence-electron chi connectivity index (χ2n) is 6.12. The Morgan fingerprint density at radius 1 is 1.38 bits per heavy atom. The van der Waals surface area contributed by atoms with E-state index < -0.39 is 0 Å². The molecule has 0 bridgehead atoms. The van der Waals surface area contributed by atoms with E-state index in [0.29, 0.717) is 6.04 Å². The van der Waals surface area contributed by atoms with Crippen molar-refractivity contribution in [2.24, 2.45) is 0 Å². The van der Waals surface area contributed by atoms with Gasteiger partial charge in [0.1, 0.15) is 0 Å². The zero-order chi connectivity index (χ0) is 14.8. The van der Waals surface area contributed by atoms with Gasteiger partial charge in [0.15, 0.2) is 0 Å². The number of nitrogens with one attached hydrogen (secondary N) is 1. The molecule has 3 heterocycles. The molecule has 0 aliphatic carbocycles. The predicted octanol–water partition coefficient (Wildman–Crippen LogP) is 1.82. The lowest BCUT2D eigenvalue weighted by atomic mass is 9.96. The zero-order valence-electron chi connectivity index (χ0n) is 12.9. The lowest BCUT2D eigenvalue weighted by Crippen LogP contribution is -2.60. The van der Waals surface area contributed by atoms with Crippen molar-refractivity contribution < 1.29 is 4.79 Å². The number of amides is 1. The fourth-order valence-corrected chi connectivity index (χ4v) is 3.57. The summed E-state index contributed by atoms with van der Waals surface area (Å²) < 4.78 is 0. The Morgan fingerprint density at radius 2 is 2.24 bits per heavy atom. The van der Waals surface area contributed by atoms with Gasteiger partial charge in [-0.25, -0.2) is 0 Å². The van der Waals surface area contributed by atoms with E-state index in [0.717, 1.165) is 24.3 Å². The molecule has 114 valence electrons. The van der Waals surface area contributed by atoms with Crippen LogP contribution in [0.15, 0.2) is 18.5 Å². The van der Waals surface area contributed by atoms with Gasteiger partial charge in [-0.15, -0.1) is 0 Å². The average Bonchev–Trinajstić information content (AvgIpc) is 2.53. The van der Waals surface area contributed by atoms with Crippen molar-refractivity contribution in [2.45, 2.75) is 38.3 Å². The minimum Gasteiger partial charge on any atom is -0.386 e. The van der Waals surface area contributed by atoms with Crippen molar-refractivity contribution in [1.82, 2.24) is 14.8 Å². The normalized spacial score (nSPS) is 26.3. The third kappa shape index (κ3) is 2.75. The van der Waals surface area contributed by atoms with Crippen molar-refractivity contribution in [3.8, 4) is 0 Å². The molecule has 1 N–H and O–H groups in total. The molecule has 5 nitrogen and oxygen atoms in total. The van der Waals surface area contributed by atoms with Gasteiger partial charge in [0.05, 0.1) is 17.4 Å². The average molecular weight is 288 g/mol. The van der Waals surface area contributed by atoms with Crippen LogP contribution in [0.5, 0.6) is 0 Å². The van der Waals surface area contributed by atoms with Crippen molar-refractivity contribution in [1.29, 1.82) is 0 Å². The van der Waals surface area contributed by atoms with Crippen LogP contribution in [0.2, 0.25) is 0 Å². The third-order valence-corrected chi connectivity index (χ3v) is 4.77. The van der Waals surface area contributed by atoms with Gasteiger partial charge < -0.3 is 10.2 Å². The first-order valence-corrected chi connectivity index (χ1v) is 7.87. The first-order valence-electron chi connectivity index (χ1n) is 7.87. The molecule has 2 atom stereocenters. The molecule has 0 spiro atoms. The number of pyridine rings is 1. The zero-order valence-corrected chi connectivity index (χ0v) is 12.9. The Hall–Kier alpha value is -1.62. The van der Waals surface area contributed by atoms with Crippen LogP contribution >= 0.6 is 0 Å². The number of piperidine rings is 1. The molecule has 0 aromatic carbocycles. The van der Waals surface area contributed by atoms with E-state index in [1.807, 2.05) is 18.0 Å². The molecule has 2 saturated heterocycles. The van der Waals surface area contributed by atoms with E-state index >= 15 is 0 Å². The fourth-order valence-electron chi connectivity index (χ4n) is 3.57. The number of nitrogens with zero attached hydrogens (tertiary/aromatic N) is 3.